The van der Waals surface area contributed by atoms with Crippen LogP contribution in [0.1, 0.15) is 21.5 Å². The topological polar surface area (TPSA) is 159 Å². The molecule has 15 heteroatoms. The number of carbonyl (C=O) groups excluding carboxylic acids is 1. The van der Waals surface area contributed by atoms with Crippen molar-refractivity contribution in [3.63, 3.8) is 0 Å². The molecule has 0 atom stereocenters. The molecule has 0 fully saturated rings. The number of hydrogen-bond donors (Lipinski definition) is 0. The molecule has 512 valence electrons. The maximum atomic E-state index is 13.6. The molecule has 0 saturated carbocycles. The summed E-state index contributed by atoms with van der Waals surface area (Å²) in [6.07, 6.45) is 0.648. The molecule has 0 unspecified atom stereocenters. The van der Waals surface area contributed by atoms with Gasteiger partial charge in [0.15, 0.2) is 5.78 Å². The van der Waals surface area contributed by atoms with Gasteiger partial charge in [0, 0.05) is 17.5 Å². The first-order valence-corrected chi connectivity index (χ1v) is 36.3. The van der Waals surface area contributed by atoms with Crippen molar-refractivity contribution in [1.29, 1.82) is 0 Å². The minimum atomic E-state index is -3.81. The molecular formula is C89H66O13S2. The number of methoxy groups -OCH3 is 2. The molecule has 0 bridgehead atoms. The third-order valence-electron chi connectivity index (χ3n) is 17.3. The summed E-state index contributed by atoms with van der Waals surface area (Å²) in [4.78, 5) is 14.1. The van der Waals surface area contributed by atoms with Gasteiger partial charge in [-0.05, 0) is 268 Å². The summed E-state index contributed by atoms with van der Waals surface area (Å²) in [6, 6.07) is 102. The van der Waals surface area contributed by atoms with Gasteiger partial charge in [-0.3, -0.25) is 4.79 Å². The van der Waals surface area contributed by atoms with Crippen molar-refractivity contribution in [2.75, 3.05) is 20.8 Å². The number of ketones is 1. The summed E-state index contributed by atoms with van der Waals surface area (Å²) in [7, 11) is -4.35. The van der Waals surface area contributed by atoms with Gasteiger partial charge in [0.25, 0.3) is 0 Å². The molecule has 0 aliphatic heterocycles. The van der Waals surface area contributed by atoms with E-state index in [0.717, 1.165) is 67.3 Å². The molecule has 104 heavy (non-hydrogen) atoms. The minimum absolute atomic E-state index is 0.0984. The summed E-state index contributed by atoms with van der Waals surface area (Å²) in [5, 5.41) is 0. The monoisotopic (exact) mass is 1410 g/mol. The molecule has 0 heterocycles. The van der Waals surface area contributed by atoms with Gasteiger partial charge in [-0.15, -0.1) is 0 Å². The van der Waals surface area contributed by atoms with Crippen LogP contribution in [0.2, 0.25) is 0 Å². The zero-order valence-corrected chi connectivity index (χ0v) is 58.0. The molecule has 0 amide bonds. The van der Waals surface area contributed by atoms with Crippen LogP contribution in [0.25, 0.3) is 44.5 Å². The molecule has 14 aromatic carbocycles. The van der Waals surface area contributed by atoms with Crippen LogP contribution in [0, 0.1) is 0 Å². The Balaban J connectivity index is 0.492. The van der Waals surface area contributed by atoms with Gasteiger partial charge in [0.2, 0.25) is 19.7 Å². The van der Waals surface area contributed by atoms with Gasteiger partial charge in [0.05, 0.1) is 40.4 Å². The first-order valence-electron chi connectivity index (χ1n) is 33.3. The Morgan fingerprint density at radius 1 is 0.231 bits per heavy atom. The van der Waals surface area contributed by atoms with Crippen LogP contribution >= 0.6 is 0 Å². The first-order chi connectivity index (χ1) is 50.7. The fourth-order valence-corrected chi connectivity index (χ4v) is 14.1. The van der Waals surface area contributed by atoms with Crippen molar-refractivity contribution in [2.45, 2.75) is 26.0 Å². The highest BCUT2D eigenvalue weighted by Crippen LogP contribution is 2.36. The first kappa shape index (κ1) is 68.2. The van der Waals surface area contributed by atoms with Gasteiger partial charge in [-0.25, -0.2) is 16.8 Å². The van der Waals surface area contributed by atoms with E-state index in [-0.39, 0.29) is 25.4 Å². The number of benzene rings is 14. The second kappa shape index (κ2) is 30.9. The van der Waals surface area contributed by atoms with E-state index in [1.807, 2.05) is 218 Å². The molecular weight excluding hydrogens is 1340 g/mol. The van der Waals surface area contributed by atoms with E-state index in [1.165, 1.54) is 48.5 Å². The van der Waals surface area contributed by atoms with Crippen LogP contribution in [0.3, 0.4) is 0 Å². The van der Waals surface area contributed by atoms with Crippen molar-refractivity contribution < 1.29 is 59.5 Å². The number of ether oxygens (including phenoxy) is 8. The van der Waals surface area contributed by atoms with Crippen molar-refractivity contribution in [2.24, 2.45) is 0 Å². The molecule has 14 aromatic rings. The third kappa shape index (κ3) is 16.4. The Hall–Kier alpha value is -13.0. The number of hydrogen-bond acceptors (Lipinski definition) is 13. The van der Waals surface area contributed by atoms with Crippen LogP contribution in [-0.2, 0) is 26.1 Å². The summed E-state index contributed by atoms with van der Waals surface area (Å²) in [6.45, 7) is 0.448. The van der Waals surface area contributed by atoms with Gasteiger partial charge >= 0.3 is 0 Å². The summed E-state index contributed by atoms with van der Waals surface area (Å²) in [5.74, 6) is 7.88. The average molecular weight is 1410 g/mol. The van der Waals surface area contributed by atoms with Crippen molar-refractivity contribution in [1.82, 2.24) is 0 Å². The highest BCUT2D eigenvalue weighted by atomic mass is 32.2. The van der Waals surface area contributed by atoms with Crippen LogP contribution in [0.4, 0.5) is 0 Å². The third-order valence-corrected chi connectivity index (χ3v) is 20.9. The SMILES string of the molecule is COc1ccc(-c2ccc(Oc3ccc(S(=O)(=O)c4ccc(Oc5ccc(-c6ccc(OCCc7ccc(C(=O)c8ccc(Oc9ccc(-c%10ccc(Oc%11ccc(S(=O)(=O)c%12ccc(Oc%13ccc(-c%14ccc(OC)cc%14)cc%13)cc%12)cc%11)cc%10)cc9)cc8)cc7)cc6)cc5)cc4)cc3)cc2)cc1. The highest BCUT2D eigenvalue weighted by Gasteiger charge is 2.21. The zero-order valence-electron chi connectivity index (χ0n) is 56.4. The summed E-state index contributed by atoms with van der Waals surface area (Å²) >= 11 is 0. The van der Waals surface area contributed by atoms with E-state index < -0.39 is 19.7 Å². The quantitative estimate of drug-likeness (QED) is 0.0472. The van der Waals surface area contributed by atoms with E-state index in [9.17, 15) is 21.6 Å². The minimum Gasteiger partial charge on any atom is -0.497 e. The highest BCUT2D eigenvalue weighted by molar-refractivity contribution is 7.91. The van der Waals surface area contributed by atoms with E-state index >= 15 is 0 Å². The lowest BCUT2D eigenvalue weighted by Gasteiger charge is -2.11. The van der Waals surface area contributed by atoms with Gasteiger partial charge in [-0.2, -0.15) is 0 Å². The largest absolute Gasteiger partial charge is 0.497 e. The second-order valence-electron chi connectivity index (χ2n) is 24.2. The Bertz CT molecular complexity index is 5470. The molecule has 0 aliphatic rings. The number of sulfone groups is 2. The Labute approximate surface area is 603 Å². The molecule has 0 spiro atoms. The van der Waals surface area contributed by atoms with Gasteiger partial charge in [0.1, 0.15) is 74.7 Å². The summed E-state index contributed by atoms with van der Waals surface area (Å²) in [5.41, 5.74) is 10.2. The lowest BCUT2D eigenvalue weighted by molar-refractivity contribution is 0.103. The van der Waals surface area contributed by atoms with Crippen LogP contribution < -0.4 is 37.9 Å². The van der Waals surface area contributed by atoms with E-state index in [4.69, 9.17) is 37.9 Å². The molecule has 0 radical (unpaired) electrons. The Morgan fingerprint density at radius 3 is 0.635 bits per heavy atom. The van der Waals surface area contributed by atoms with Gasteiger partial charge in [-0.1, -0.05) is 121 Å². The van der Waals surface area contributed by atoms with Crippen molar-refractivity contribution in [3.05, 3.63) is 356 Å². The fourth-order valence-electron chi connectivity index (χ4n) is 11.5. The van der Waals surface area contributed by atoms with Crippen LogP contribution in [-0.4, -0.2) is 43.4 Å². The summed E-state index contributed by atoms with van der Waals surface area (Å²) < 4.78 is 101. The lowest BCUT2D eigenvalue weighted by Crippen LogP contribution is -2.03. The van der Waals surface area contributed by atoms with E-state index in [1.54, 1.807) is 87.0 Å². The Morgan fingerprint density at radius 2 is 0.413 bits per heavy atom. The maximum absolute atomic E-state index is 13.6. The number of rotatable bonds is 26. The predicted octanol–water partition coefficient (Wildman–Crippen LogP) is 21.9. The molecule has 0 aliphatic carbocycles. The van der Waals surface area contributed by atoms with Crippen LogP contribution in [0.5, 0.6) is 74.7 Å². The predicted molar refractivity (Wildman–Crippen MR) is 403 cm³/mol. The zero-order chi connectivity index (χ0) is 71.4. The molecule has 0 N–H and O–H groups in total. The van der Waals surface area contributed by atoms with E-state index in [0.29, 0.717) is 81.6 Å². The molecule has 14 rings (SSSR count). The Kier molecular flexibility index (Phi) is 20.3. The van der Waals surface area contributed by atoms with E-state index in [2.05, 4.69) is 0 Å². The smallest absolute Gasteiger partial charge is 0.206 e. The fraction of sp³-hybridized carbons (Fsp3) is 0.0449. The number of carbonyl (C=O) groups is 1. The molecule has 0 aromatic heterocycles. The van der Waals surface area contributed by atoms with Gasteiger partial charge < -0.3 is 37.9 Å². The standard InChI is InChI=1S/C89H66O13S2/c1-95-72-25-7-62(8-26-72)65-13-33-76(34-14-65)99-81-43-51-85(52-44-81)103(91,92)87-55-47-83(48-56-87)101-78-37-17-67(18-38-78)64-11-29-74(30-12-64)97-60-59-61-3-5-70(6-4-61)89(90)71-23-41-80(42-24-71)98-75-31-19-68(20-32-75)69-21-39-79(40-22-69)102-84-49-57-88(58-50-84)104(93,94)86-53-45-82(46-54-86)100-77-35-15-66(16-36-77)63-9-27-73(96-2)28-10-63/h3-58H,59-60H2,1-2H3. The normalized spacial score (nSPS) is 11.2. The van der Waals surface area contributed by atoms with Crippen molar-refractivity contribution in [3.8, 4) is 119 Å². The maximum Gasteiger partial charge on any atom is 0.206 e. The molecule has 13 nitrogen and oxygen atoms in total. The lowest BCUT2D eigenvalue weighted by atomic mass is 10.0. The van der Waals surface area contributed by atoms with Crippen molar-refractivity contribution >= 4 is 25.5 Å². The van der Waals surface area contributed by atoms with Crippen LogP contribution in [0.15, 0.2) is 359 Å². The average Bonchev–Trinajstić information content (AvgIpc) is 0.806. The second-order valence-corrected chi connectivity index (χ2v) is 28.1. The molecule has 0 saturated heterocycles.